The summed E-state index contributed by atoms with van der Waals surface area (Å²) in [6.07, 6.45) is 6.84. The average Bonchev–Trinajstić information content (AvgIpc) is 2.50. The Morgan fingerprint density at radius 2 is 1.90 bits per heavy atom. The van der Waals surface area contributed by atoms with Crippen molar-refractivity contribution in [3.8, 4) is 5.75 Å². The van der Waals surface area contributed by atoms with E-state index >= 15 is 0 Å². The van der Waals surface area contributed by atoms with Crippen LogP contribution in [0.1, 0.15) is 57.4 Å². The molecule has 2 nitrogen and oxygen atoms in total. The number of hydrogen-bond donors (Lipinski definition) is 1. The van der Waals surface area contributed by atoms with Gasteiger partial charge in [-0.2, -0.15) is 0 Å². The summed E-state index contributed by atoms with van der Waals surface area (Å²) in [5.41, 5.74) is 1.50. The van der Waals surface area contributed by atoms with Crippen LogP contribution in [0.25, 0.3) is 0 Å². The first-order chi connectivity index (χ1) is 10.3. The molecule has 2 heteroatoms. The second-order valence-corrected chi connectivity index (χ2v) is 6.39. The van der Waals surface area contributed by atoms with E-state index in [1.807, 2.05) is 6.92 Å². The van der Waals surface area contributed by atoms with Crippen LogP contribution in [-0.2, 0) is 0 Å². The smallest absolute Gasteiger partial charge is 0.119 e. The van der Waals surface area contributed by atoms with Gasteiger partial charge in [-0.05, 0) is 68.8 Å². The van der Waals surface area contributed by atoms with Gasteiger partial charge in [0.25, 0.3) is 0 Å². The molecular formula is C19H31NO. The fourth-order valence-corrected chi connectivity index (χ4v) is 3.88. The molecule has 0 aromatic heterocycles. The zero-order valence-electron chi connectivity index (χ0n) is 13.9. The van der Waals surface area contributed by atoms with Crippen molar-refractivity contribution >= 4 is 0 Å². The highest BCUT2D eigenvalue weighted by Gasteiger charge is 2.30. The van der Waals surface area contributed by atoms with Crippen molar-refractivity contribution in [2.75, 3.05) is 20.2 Å². The van der Waals surface area contributed by atoms with E-state index in [4.69, 9.17) is 4.74 Å². The van der Waals surface area contributed by atoms with Gasteiger partial charge in [0, 0.05) is 0 Å². The van der Waals surface area contributed by atoms with Crippen LogP contribution in [0, 0.1) is 11.8 Å². The number of nitrogens with one attached hydrogen (secondary N) is 1. The van der Waals surface area contributed by atoms with E-state index < -0.39 is 0 Å². The van der Waals surface area contributed by atoms with Crippen molar-refractivity contribution in [2.45, 2.75) is 51.9 Å². The van der Waals surface area contributed by atoms with Crippen LogP contribution in [0.4, 0.5) is 0 Å². The molecule has 1 aliphatic rings. The summed E-state index contributed by atoms with van der Waals surface area (Å²) in [6.45, 7) is 6.22. The normalized spacial score (nSPS) is 25.8. The number of rotatable bonds is 7. The molecule has 1 aliphatic carbocycles. The van der Waals surface area contributed by atoms with E-state index in [0.29, 0.717) is 5.92 Å². The van der Waals surface area contributed by atoms with Crippen LogP contribution in [0.15, 0.2) is 24.3 Å². The zero-order valence-corrected chi connectivity index (χ0v) is 13.9. The van der Waals surface area contributed by atoms with E-state index in [-0.39, 0.29) is 0 Å². The lowest BCUT2D eigenvalue weighted by Crippen LogP contribution is -2.30. The minimum absolute atomic E-state index is 0.707. The molecule has 0 amide bonds. The van der Waals surface area contributed by atoms with E-state index in [1.54, 1.807) is 0 Å². The third-order valence-corrected chi connectivity index (χ3v) is 4.88. The maximum atomic E-state index is 5.57. The molecule has 2 rings (SSSR count). The fraction of sp³-hybridized carbons (Fsp3) is 0.684. The summed E-state index contributed by atoms with van der Waals surface area (Å²) in [5, 5.41) is 3.39. The highest BCUT2D eigenvalue weighted by molar-refractivity contribution is 5.30. The third kappa shape index (κ3) is 4.47. The Hall–Kier alpha value is -1.02. The monoisotopic (exact) mass is 289 g/mol. The van der Waals surface area contributed by atoms with Gasteiger partial charge in [-0.15, -0.1) is 0 Å². The molecule has 0 spiro atoms. The summed E-state index contributed by atoms with van der Waals surface area (Å²) < 4.78 is 5.57. The van der Waals surface area contributed by atoms with Gasteiger partial charge in [0.2, 0.25) is 0 Å². The molecule has 3 unspecified atom stereocenters. The molecule has 0 saturated heterocycles. The maximum absolute atomic E-state index is 5.57. The molecule has 1 aromatic carbocycles. The van der Waals surface area contributed by atoms with Crippen LogP contribution in [0.2, 0.25) is 0 Å². The van der Waals surface area contributed by atoms with Crippen LogP contribution in [-0.4, -0.2) is 20.2 Å². The van der Waals surface area contributed by atoms with Crippen molar-refractivity contribution in [3.63, 3.8) is 0 Å². The molecule has 1 fully saturated rings. The molecule has 21 heavy (non-hydrogen) atoms. The second-order valence-electron chi connectivity index (χ2n) is 6.39. The molecule has 1 aromatic rings. The topological polar surface area (TPSA) is 21.3 Å². The highest BCUT2D eigenvalue weighted by Crippen LogP contribution is 2.42. The summed E-state index contributed by atoms with van der Waals surface area (Å²) in [5.74, 6) is 3.39. The summed E-state index contributed by atoms with van der Waals surface area (Å²) >= 11 is 0. The van der Waals surface area contributed by atoms with Gasteiger partial charge in [-0.1, -0.05) is 38.3 Å². The predicted molar refractivity (Wildman–Crippen MR) is 90.0 cm³/mol. The molecule has 0 heterocycles. The van der Waals surface area contributed by atoms with Crippen LogP contribution in [0.5, 0.6) is 5.75 Å². The van der Waals surface area contributed by atoms with E-state index in [9.17, 15) is 0 Å². The van der Waals surface area contributed by atoms with Crippen molar-refractivity contribution in [1.82, 2.24) is 5.32 Å². The lowest BCUT2D eigenvalue weighted by atomic mass is 9.70. The Kier molecular flexibility index (Phi) is 6.56. The summed E-state index contributed by atoms with van der Waals surface area (Å²) in [7, 11) is 2.08. The van der Waals surface area contributed by atoms with Gasteiger partial charge in [-0.3, -0.25) is 0 Å². The van der Waals surface area contributed by atoms with E-state index in [1.165, 1.54) is 37.7 Å². The fourth-order valence-electron chi connectivity index (χ4n) is 3.88. The summed E-state index contributed by atoms with van der Waals surface area (Å²) in [4.78, 5) is 0. The minimum atomic E-state index is 0.707. The van der Waals surface area contributed by atoms with Gasteiger partial charge in [0.05, 0.1) is 6.61 Å². The van der Waals surface area contributed by atoms with Gasteiger partial charge in [-0.25, -0.2) is 0 Å². The van der Waals surface area contributed by atoms with Crippen LogP contribution in [0.3, 0.4) is 0 Å². The SMILES string of the molecule is CCCC1CCC(CNC)C(c2ccc(OCC)cc2)C1. The standard InChI is InChI=1S/C19H31NO/c1-4-6-15-7-8-17(14-20-3)19(13-15)16-9-11-18(12-10-16)21-5-2/h9-12,15,17,19-20H,4-8,13-14H2,1-3H3. The Bertz CT molecular complexity index is 401. The first-order valence-corrected chi connectivity index (χ1v) is 8.65. The van der Waals surface area contributed by atoms with Crippen molar-refractivity contribution < 1.29 is 4.74 Å². The Labute approximate surface area is 130 Å². The first-order valence-electron chi connectivity index (χ1n) is 8.65. The zero-order chi connectivity index (χ0) is 15.1. The van der Waals surface area contributed by atoms with Gasteiger partial charge < -0.3 is 10.1 Å². The lowest BCUT2D eigenvalue weighted by molar-refractivity contribution is 0.223. The molecular weight excluding hydrogens is 258 g/mol. The number of benzene rings is 1. The quantitative estimate of drug-likeness (QED) is 0.791. The molecule has 0 radical (unpaired) electrons. The lowest BCUT2D eigenvalue weighted by Gasteiger charge is -2.36. The van der Waals surface area contributed by atoms with Crippen molar-refractivity contribution in [3.05, 3.63) is 29.8 Å². The molecule has 3 atom stereocenters. The first kappa shape index (κ1) is 16.4. The summed E-state index contributed by atoms with van der Waals surface area (Å²) in [6, 6.07) is 8.84. The molecule has 0 aliphatic heterocycles. The second kappa shape index (κ2) is 8.43. The van der Waals surface area contributed by atoms with Crippen molar-refractivity contribution in [2.24, 2.45) is 11.8 Å². The Morgan fingerprint density at radius 1 is 1.14 bits per heavy atom. The van der Waals surface area contributed by atoms with E-state index in [0.717, 1.165) is 30.7 Å². The third-order valence-electron chi connectivity index (χ3n) is 4.88. The highest BCUT2D eigenvalue weighted by atomic mass is 16.5. The van der Waals surface area contributed by atoms with Crippen molar-refractivity contribution in [1.29, 1.82) is 0 Å². The minimum Gasteiger partial charge on any atom is -0.494 e. The maximum Gasteiger partial charge on any atom is 0.119 e. The number of ether oxygens (including phenoxy) is 1. The Morgan fingerprint density at radius 3 is 2.52 bits per heavy atom. The molecule has 1 N–H and O–H groups in total. The Balaban J connectivity index is 2.10. The molecule has 118 valence electrons. The average molecular weight is 289 g/mol. The largest absolute Gasteiger partial charge is 0.494 e. The number of hydrogen-bond acceptors (Lipinski definition) is 2. The molecule has 0 bridgehead atoms. The predicted octanol–water partition coefficient (Wildman–Crippen LogP) is 4.60. The van der Waals surface area contributed by atoms with Crippen LogP contribution >= 0.6 is 0 Å². The van der Waals surface area contributed by atoms with E-state index in [2.05, 4.69) is 43.6 Å². The van der Waals surface area contributed by atoms with Gasteiger partial charge >= 0.3 is 0 Å². The van der Waals surface area contributed by atoms with Gasteiger partial charge in [0.15, 0.2) is 0 Å². The van der Waals surface area contributed by atoms with Gasteiger partial charge in [0.1, 0.15) is 5.75 Å². The molecule has 1 saturated carbocycles. The van der Waals surface area contributed by atoms with Crippen LogP contribution < -0.4 is 10.1 Å².